The smallest absolute Gasteiger partial charge is 0.212 e. The van der Waals surface area contributed by atoms with Crippen LogP contribution in [0.4, 0.5) is 0 Å². The molecular weight excluding hydrogens is 254 g/mol. The van der Waals surface area contributed by atoms with Gasteiger partial charge in [-0.05, 0) is 26.5 Å². The molecule has 0 spiro atoms. The van der Waals surface area contributed by atoms with Gasteiger partial charge in [0.15, 0.2) is 0 Å². The zero-order valence-electron chi connectivity index (χ0n) is 12.8. The molecule has 1 aliphatic heterocycles. The van der Waals surface area contributed by atoms with Crippen molar-refractivity contribution in [3.63, 3.8) is 0 Å². The number of hydrogen-bond acceptors (Lipinski definition) is 5. The first-order valence-electron chi connectivity index (χ1n) is 7.19. The molecule has 2 unspecified atom stereocenters. The topological polar surface area (TPSA) is 46.6 Å². The molecule has 0 radical (unpaired) electrons. The van der Waals surface area contributed by atoms with Crippen LogP contribution in [-0.4, -0.2) is 55.9 Å². The average molecular weight is 279 g/mol. The molecule has 1 aliphatic rings. The summed E-state index contributed by atoms with van der Waals surface area (Å²) >= 11 is 0. The van der Waals surface area contributed by atoms with Gasteiger partial charge in [-0.2, -0.15) is 0 Å². The number of methoxy groups -OCH3 is 1. The van der Waals surface area contributed by atoms with Gasteiger partial charge in [-0.3, -0.25) is 4.90 Å². The van der Waals surface area contributed by atoms with Crippen molar-refractivity contribution >= 4 is 0 Å². The van der Waals surface area contributed by atoms with Gasteiger partial charge in [0.2, 0.25) is 5.88 Å². The van der Waals surface area contributed by atoms with Crippen LogP contribution in [0, 0.1) is 0 Å². The average Bonchev–Trinajstić information content (AvgIpc) is 2.47. The molecule has 0 aliphatic carbocycles. The first kappa shape index (κ1) is 15.2. The van der Waals surface area contributed by atoms with Crippen molar-refractivity contribution in [2.24, 2.45) is 0 Å². The van der Waals surface area contributed by atoms with Crippen molar-refractivity contribution in [2.45, 2.75) is 32.0 Å². The number of aromatic nitrogens is 1. The van der Waals surface area contributed by atoms with Crippen LogP contribution in [0.25, 0.3) is 0 Å². The standard InChI is InChI=1S/C15H25N3O2/c1-11(2)18-7-8-20-13(10-16-3)15(18)12-5-6-14(19-4)17-9-12/h5-6,9,11,13,15-16H,7-8,10H2,1-4H3. The van der Waals surface area contributed by atoms with Crippen LogP contribution < -0.4 is 10.1 Å². The molecule has 112 valence electrons. The SMILES string of the molecule is CNCC1OCCN(C(C)C)C1c1ccc(OC)nc1. The van der Waals surface area contributed by atoms with Crippen molar-refractivity contribution in [1.82, 2.24) is 15.2 Å². The molecule has 0 saturated carbocycles. The Hall–Kier alpha value is -1.17. The molecule has 20 heavy (non-hydrogen) atoms. The van der Waals surface area contributed by atoms with E-state index >= 15 is 0 Å². The lowest BCUT2D eigenvalue weighted by Gasteiger charge is -2.43. The molecule has 0 aromatic carbocycles. The number of morpholine rings is 1. The number of nitrogens with one attached hydrogen (secondary N) is 1. The molecule has 1 aromatic rings. The van der Waals surface area contributed by atoms with E-state index in [4.69, 9.17) is 9.47 Å². The normalized spacial score (nSPS) is 24.1. The fraction of sp³-hybridized carbons (Fsp3) is 0.667. The summed E-state index contributed by atoms with van der Waals surface area (Å²) < 4.78 is 11.1. The Balaban J connectivity index is 2.27. The first-order chi connectivity index (χ1) is 9.67. The summed E-state index contributed by atoms with van der Waals surface area (Å²) in [4.78, 5) is 6.82. The summed E-state index contributed by atoms with van der Waals surface area (Å²) in [6.07, 6.45) is 2.04. The Kier molecular flexibility index (Phi) is 5.34. The minimum atomic E-state index is 0.145. The van der Waals surface area contributed by atoms with E-state index in [2.05, 4.69) is 35.1 Å². The Labute approximate surface area is 121 Å². The molecule has 0 amide bonds. The third-order valence-corrected chi connectivity index (χ3v) is 3.77. The van der Waals surface area contributed by atoms with Gasteiger partial charge in [-0.25, -0.2) is 4.98 Å². The van der Waals surface area contributed by atoms with Crippen molar-refractivity contribution in [3.8, 4) is 5.88 Å². The number of pyridine rings is 1. The molecule has 2 rings (SSSR count). The summed E-state index contributed by atoms with van der Waals surface area (Å²) in [5.74, 6) is 0.645. The number of likely N-dealkylation sites (N-methyl/N-ethyl adjacent to an activating group) is 1. The maximum Gasteiger partial charge on any atom is 0.212 e. The predicted molar refractivity (Wildman–Crippen MR) is 79.0 cm³/mol. The number of hydrogen-bond donors (Lipinski definition) is 1. The monoisotopic (exact) mass is 279 g/mol. The van der Waals surface area contributed by atoms with Crippen LogP contribution in [-0.2, 0) is 4.74 Å². The van der Waals surface area contributed by atoms with Gasteiger partial charge in [-0.1, -0.05) is 6.07 Å². The second kappa shape index (κ2) is 7.02. The van der Waals surface area contributed by atoms with E-state index in [-0.39, 0.29) is 12.1 Å². The van der Waals surface area contributed by atoms with Crippen LogP contribution in [0.2, 0.25) is 0 Å². The van der Waals surface area contributed by atoms with Gasteiger partial charge >= 0.3 is 0 Å². The Bertz CT molecular complexity index is 406. The molecular formula is C15H25N3O2. The minimum absolute atomic E-state index is 0.145. The summed E-state index contributed by atoms with van der Waals surface area (Å²) in [5, 5.41) is 3.22. The second-order valence-electron chi connectivity index (χ2n) is 5.38. The molecule has 5 nitrogen and oxygen atoms in total. The molecule has 1 aromatic heterocycles. The van der Waals surface area contributed by atoms with Gasteiger partial charge in [0.05, 0.1) is 25.9 Å². The lowest BCUT2D eigenvalue weighted by Crippen LogP contribution is -2.51. The quantitative estimate of drug-likeness (QED) is 0.884. The highest BCUT2D eigenvalue weighted by Crippen LogP contribution is 2.31. The fourth-order valence-corrected chi connectivity index (χ4v) is 2.80. The summed E-state index contributed by atoms with van der Waals surface area (Å²) in [5.41, 5.74) is 1.18. The lowest BCUT2D eigenvalue weighted by atomic mass is 9.98. The highest BCUT2D eigenvalue weighted by atomic mass is 16.5. The Morgan fingerprint density at radius 3 is 2.85 bits per heavy atom. The van der Waals surface area contributed by atoms with Gasteiger partial charge in [0.25, 0.3) is 0 Å². The number of nitrogens with zero attached hydrogens (tertiary/aromatic N) is 2. The summed E-state index contributed by atoms with van der Waals surface area (Å²) in [6, 6.07) is 4.71. The van der Waals surface area contributed by atoms with E-state index in [1.807, 2.05) is 19.3 Å². The number of ether oxygens (including phenoxy) is 2. The summed E-state index contributed by atoms with van der Waals surface area (Å²) in [7, 11) is 3.59. The maximum absolute atomic E-state index is 5.96. The van der Waals surface area contributed by atoms with Gasteiger partial charge in [0.1, 0.15) is 0 Å². The van der Waals surface area contributed by atoms with E-state index in [0.29, 0.717) is 11.9 Å². The molecule has 0 bridgehead atoms. The van der Waals surface area contributed by atoms with Crippen molar-refractivity contribution < 1.29 is 9.47 Å². The maximum atomic E-state index is 5.96. The van der Waals surface area contributed by atoms with Gasteiger partial charge < -0.3 is 14.8 Å². The largest absolute Gasteiger partial charge is 0.481 e. The lowest BCUT2D eigenvalue weighted by molar-refractivity contribution is -0.0816. The highest BCUT2D eigenvalue weighted by Gasteiger charge is 2.34. The van der Waals surface area contributed by atoms with Crippen LogP contribution in [0.15, 0.2) is 18.3 Å². The summed E-state index contributed by atoms with van der Waals surface area (Å²) in [6.45, 7) is 7.02. The molecule has 1 saturated heterocycles. The van der Waals surface area contributed by atoms with Crippen LogP contribution in [0.5, 0.6) is 5.88 Å². The molecule has 1 N–H and O–H groups in total. The van der Waals surface area contributed by atoms with E-state index < -0.39 is 0 Å². The van der Waals surface area contributed by atoms with Crippen molar-refractivity contribution in [1.29, 1.82) is 0 Å². The molecule has 1 fully saturated rings. The van der Waals surface area contributed by atoms with E-state index in [9.17, 15) is 0 Å². The Morgan fingerprint density at radius 1 is 1.50 bits per heavy atom. The molecule has 5 heteroatoms. The molecule has 2 heterocycles. The van der Waals surface area contributed by atoms with Crippen molar-refractivity contribution in [2.75, 3.05) is 33.9 Å². The zero-order chi connectivity index (χ0) is 14.5. The first-order valence-corrected chi connectivity index (χ1v) is 7.19. The predicted octanol–water partition coefficient (Wildman–Crippen LogP) is 1.46. The Morgan fingerprint density at radius 2 is 2.30 bits per heavy atom. The van der Waals surface area contributed by atoms with Crippen molar-refractivity contribution in [3.05, 3.63) is 23.9 Å². The highest BCUT2D eigenvalue weighted by molar-refractivity contribution is 5.22. The third kappa shape index (κ3) is 3.29. The van der Waals surface area contributed by atoms with E-state index in [1.165, 1.54) is 5.56 Å². The van der Waals surface area contributed by atoms with Crippen LogP contribution in [0.1, 0.15) is 25.5 Å². The van der Waals surface area contributed by atoms with E-state index in [0.717, 1.165) is 19.7 Å². The fourth-order valence-electron chi connectivity index (χ4n) is 2.80. The van der Waals surface area contributed by atoms with E-state index in [1.54, 1.807) is 7.11 Å². The minimum Gasteiger partial charge on any atom is -0.481 e. The zero-order valence-corrected chi connectivity index (χ0v) is 12.8. The number of rotatable bonds is 5. The second-order valence-corrected chi connectivity index (χ2v) is 5.38. The molecule has 2 atom stereocenters. The third-order valence-electron chi connectivity index (χ3n) is 3.77. The van der Waals surface area contributed by atoms with Crippen LogP contribution in [0.3, 0.4) is 0 Å². The van der Waals surface area contributed by atoms with Crippen LogP contribution >= 0.6 is 0 Å². The van der Waals surface area contributed by atoms with Gasteiger partial charge in [-0.15, -0.1) is 0 Å². The van der Waals surface area contributed by atoms with Gasteiger partial charge in [0, 0.05) is 31.4 Å².